The molecular weight excluding hydrogens is 240 g/mol. The van der Waals surface area contributed by atoms with Crippen molar-refractivity contribution in [3.05, 3.63) is 23.8 Å². The highest BCUT2D eigenvalue weighted by Crippen LogP contribution is 2.27. The molecule has 0 aliphatic carbocycles. The van der Waals surface area contributed by atoms with Gasteiger partial charge in [0.15, 0.2) is 17.4 Å². The lowest BCUT2D eigenvalue weighted by Crippen LogP contribution is -2.21. The third-order valence-corrected chi connectivity index (χ3v) is 2.32. The molecule has 0 aliphatic heterocycles. The molecule has 1 aromatic carbocycles. The molecule has 0 amide bonds. The molecule has 0 spiro atoms. The Labute approximate surface area is 97.0 Å². The van der Waals surface area contributed by atoms with Gasteiger partial charge >= 0.3 is 0 Å². The van der Waals surface area contributed by atoms with Crippen LogP contribution in [0.5, 0.6) is 5.75 Å². The number of anilines is 1. The highest BCUT2D eigenvalue weighted by molar-refractivity contribution is 6.18. The number of halogens is 3. The summed E-state index contributed by atoms with van der Waals surface area (Å²) in [5.41, 5.74) is 0.0578. The molecule has 16 heavy (non-hydrogen) atoms. The predicted octanol–water partition coefficient (Wildman–Crippen LogP) is 1.98. The van der Waals surface area contributed by atoms with Crippen LogP contribution in [0.4, 0.5) is 14.5 Å². The SMILES string of the molecule is COc1c(F)ccc(NCC(O)CCl)c1F. The van der Waals surface area contributed by atoms with Gasteiger partial charge < -0.3 is 15.2 Å². The normalized spacial score (nSPS) is 12.3. The third kappa shape index (κ3) is 2.96. The molecule has 0 bridgehead atoms. The van der Waals surface area contributed by atoms with Crippen molar-refractivity contribution in [1.29, 1.82) is 0 Å². The molecular formula is C10H12ClF2NO2. The summed E-state index contributed by atoms with van der Waals surface area (Å²) >= 11 is 5.37. The molecule has 3 nitrogen and oxygen atoms in total. The lowest BCUT2D eigenvalue weighted by molar-refractivity contribution is 0.211. The summed E-state index contributed by atoms with van der Waals surface area (Å²) in [7, 11) is 1.18. The first kappa shape index (κ1) is 13.0. The molecule has 0 radical (unpaired) electrons. The summed E-state index contributed by atoms with van der Waals surface area (Å²) in [4.78, 5) is 0. The van der Waals surface area contributed by atoms with E-state index in [0.717, 1.165) is 6.07 Å². The van der Waals surface area contributed by atoms with Crippen LogP contribution in [-0.2, 0) is 0 Å². The smallest absolute Gasteiger partial charge is 0.192 e. The van der Waals surface area contributed by atoms with Crippen molar-refractivity contribution < 1.29 is 18.6 Å². The van der Waals surface area contributed by atoms with Gasteiger partial charge in [-0.3, -0.25) is 0 Å². The van der Waals surface area contributed by atoms with E-state index in [1.54, 1.807) is 0 Å². The van der Waals surface area contributed by atoms with Crippen LogP contribution >= 0.6 is 11.6 Å². The van der Waals surface area contributed by atoms with Gasteiger partial charge in [0.1, 0.15) is 0 Å². The van der Waals surface area contributed by atoms with Crippen molar-refractivity contribution >= 4 is 17.3 Å². The van der Waals surface area contributed by atoms with Crippen molar-refractivity contribution in [1.82, 2.24) is 0 Å². The molecule has 1 atom stereocenters. The number of rotatable bonds is 5. The van der Waals surface area contributed by atoms with Gasteiger partial charge in [-0.1, -0.05) is 0 Å². The first-order chi connectivity index (χ1) is 7.60. The number of benzene rings is 1. The van der Waals surface area contributed by atoms with Gasteiger partial charge in [-0.25, -0.2) is 8.78 Å². The monoisotopic (exact) mass is 251 g/mol. The van der Waals surface area contributed by atoms with Crippen LogP contribution in [0, 0.1) is 11.6 Å². The standard InChI is InChI=1S/C10H12ClF2NO2/c1-16-10-7(12)2-3-8(9(10)13)14-5-6(15)4-11/h2-3,6,14-15H,4-5H2,1H3. The number of nitrogens with one attached hydrogen (secondary N) is 1. The zero-order valence-electron chi connectivity index (χ0n) is 8.64. The predicted molar refractivity (Wildman–Crippen MR) is 58.1 cm³/mol. The Kier molecular flexibility index (Phi) is 4.76. The highest BCUT2D eigenvalue weighted by Gasteiger charge is 2.14. The molecule has 0 aliphatic rings. The molecule has 0 heterocycles. The van der Waals surface area contributed by atoms with E-state index in [1.165, 1.54) is 13.2 Å². The number of hydrogen-bond donors (Lipinski definition) is 2. The second kappa shape index (κ2) is 5.86. The Bertz CT molecular complexity index is 363. The summed E-state index contributed by atoms with van der Waals surface area (Å²) in [5.74, 6) is -2.02. The third-order valence-electron chi connectivity index (χ3n) is 1.96. The Morgan fingerprint density at radius 2 is 2.19 bits per heavy atom. The molecule has 1 aromatic rings. The Balaban J connectivity index is 2.81. The molecule has 90 valence electrons. The molecule has 6 heteroatoms. The summed E-state index contributed by atoms with van der Waals surface area (Å²) in [6.45, 7) is 0.0786. The number of alkyl halides is 1. The molecule has 0 fully saturated rings. The van der Waals surface area contributed by atoms with Crippen LogP contribution in [0.3, 0.4) is 0 Å². The first-order valence-corrected chi connectivity index (χ1v) is 5.13. The number of ether oxygens (including phenoxy) is 1. The van der Waals surface area contributed by atoms with Gasteiger partial charge in [0, 0.05) is 6.54 Å². The summed E-state index contributed by atoms with van der Waals surface area (Å²) in [5, 5.41) is 11.8. The van der Waals surface area contributed by atoms with Gasteiger partial charge in [0.2, 0.25) is 0 Å². The molecule has 0 saturated heterocycles. The maximum absolute atomic E-state index is 13.5. The minimum absolute atomic E-state index is 0.0347. The van der Waals surface area contributed by atoms with Gasteiger partial charge in [0.25, 0.3) is 0 Å². The van der Waals surface area contributed by atoms with E-state index < -0.39 is 23.5 Å². The fourth-order valence-corrected chi connectivity index (χ4v) is 1.25. The average Bonchev–Trinajstić information content (AvgIpc) is 2.28. The van der Waals surface area contributed by atoms with E-state index in [1.807, 2.05) is 0 Å². The summed E-state index contributed by atoms with van der Waals surface area (Å²) in [6, 6.07) is 2.31. The highest BCUT2D eigenvalue weighted by atomic mass is 35.5. The van der Waals surface area contributed by atoms with E-state index in [2.05, 4.69) is 10.1 Å². The molecule has 2 N–H and O–H groups in total. The van der Waals surface area contributed by atoms with Crippen LogP contribution in [0.1, 0.15) is 0 Å². The largest absolute Gasteiger partial charge is 0.491 e. The van der Waals surface area contributed by atoms with Crippen LogP contribution in [-0.4, -0.2) is 30.7 Å². The molecule has 1 rings (SSSR count). The van der Waals surface area contributed by atoms with Crippen molar-refractivity contribution in [2.45, 2.75) is 6.10 Å². The van der Waals surface area contributed by atoms with E-state index in [9.17, 15) is 8.78 Å². The quantitative estimate of drug-likeness (QED) is 0.787. The maximum atomic E-state index is 13.5. The minimum Gasteiger partial charge on any atom is -0.491 e. The van der Waals surface area contributed by atoms with E-state index in [-0.39, 0.29) is 18.1 Å². The Morgan fingerprint density at radius 3 is 2.75 bits per heavy atom. The van der Waals surface area contributed by atoms with Crippen molar-refractivity contribution in [2.75, 3.05) is 24.9 Å². The zero-order valence-corrected chi connectivity index (χ0v) is 9.39. The zero-order chi connectivity index (χ0) is 12.1. The topological polar surface area (TPSA) is 41.5 Å². The lowest BCUT2D eigenvalue weighted by Gasteiger charge is -2.12. The van der Waals surface area contributed by atoms with Crippen LogP contribution in [0.2, 0.25) is 0 Å². The van der Waals surface area contributed by atoms with Gasteiger partial charge in [-0.15, -0.1) is 11.6 Å². The number of aliphatic hydroxyl groups is 1. The van der Waals surface area contributed by atoms with Gasteiger partial charge in [-0.2, -0.15) is 0 Å². The minimum atomic E-state index is -0.829. The van der Waals surface area contributed by atoms with E-state index in [0.29, 0.717) is 0 Å². The second-order valence-corrected chi connectivity index (χ2v) is 3.44. The number of methoxy groups -OCH3 is 1. The first-order valence-electron chi connectivity index (χ1n) is 4.60. The van der Waals surface area contributed by atoms with E-state index >= 15 is 0 Å². The molecule has 1 unspecified atom stereocenters. The summed E-state index contributed by atoms with van der Waals surface area (Å²) < 4.78 is 31.1. The van der Waals surface area contributed by atoms with E-state index in [4.69, 9.17) is 16.7 Å². The lowest BCUT2D eigenvalue weighted by atomic mass is 10.2. The van der Waals surface area contributed by atoms with Crippen molar-refractivity contribution in [3.63, 3.8) is 0 Å². The fraction of sp³-hybridized carbons (Fsp3) is 0.400. The average molecular weight is 252 g/mol. The maximum Gasteiger partial charge on any atom is 0.192 e. The van der Waals surface area contributed by atoms with Crippen LogP contribution in [0.15, 0.2) is 12.1 Å². The Hall–Kier alpha value is -1.07. The van der Waals surface area contributed by atoms with Gasteiger partial charge in [0.05, 0.1) is 24.8 Å². The molecule has 0 saturated carbocycles. The van der Waals surface area contributed by atoms with Crippen LogP contribution < -0.4 is 10.1 Å². The van der Waals surface area contributed by atoms with Crippen LogP contribution in [0.25, 0.3) is 0 Å². The van der Waals surface area contributed by atoms with Gasteiger partial charge in [-0.05, 0) is 12.1 Å². The molecule has 0 aromatic heterocycles. The van der Waals surface area contributed by atoms with Crippen molar-refractivity contribution in [3.8, 4) is 5.75 Å². The Morgan fingerprint density at radius 1 is 1.50 bits per heavy atom. The second-order valence-electron chi connectivity index (χ2n) is 3.13. The number of hydrogen-bond acceptors (Lipinski definition) is 3. The summed E-state index contributed by atoms with van der Waals surface area (Å²) in [6.07, 6.45) is -0.794. The number of aliphatic hydroxyl groups excluding tert-OH is 1. The fourth-order valence-electron chi connectivity index (χ4n) is 1.14. The van der Waals surface area contributed by atoms with Crippen molar-refractivity contribution in [2.24, 2.45) is 0 Å².